The Kier molecular flexibility index (Phi) is 4.73. The van der Waals surface area contributed by atoms with Gasteiger partial charge in [0, 0.05) is 31.1 Å². The summed E-state index contributed by atoms with van der Waals surface area (Å²) in [5.74, 6) is -0.859. The fourth-order valence-corrected chi connectivity index (χ4v) is 3.50. The maximum absolute atomic E-state index is 13.0. The zero-order valence-corrected chi connectivity index (χ0v) is 13.6. The van der Waals surface area contributed by atoms with Gasteiger partial charge in [0.2, 0.25) is 0 Å². The first-order valence-corrected chi connectivity index (χ1v) is 8.06. The number of carbonyl (C=O) groups is 2. The molecule has 2 atom stereocenters. The fraction of sp³-hybridized carbons (Fsp3) is 0.529. The second-order valence-electron chi connectivity index (χ2n) is 6.60. The Bertz CT molecular complexity index is 648. The van der Waals surface area contributed by atoms with Crippen LogP contribution in [0.4, 0.5) is 0 Å². The highest BCUT2D eigenvalue weighted by atomic mass is 16.5. The number of amides is 1. The van der Waals surface area contributed by atoms with E-state index in [1.54, 1.807) is 17.0 Å². The molecule has 0 radical (unpaired) electrons. The standard InChI is InChI=1S/C17H22N2O5/c1-11-2-3-14(20)4-15(11)17(23)19-6-12-5-18(8-16(21)22)7-13(19)10-24-9-12/h2-4,12-13,20H,5-10H2,1H3,(H,21,22)/t12-,13-/m0/s1. The van der Waals surface area contributed by atoms with Crippen molar-refractivity contribution in [3.05, 3.63) is 29.3 Å². The predicted molar refractivity (Wildman–Crippen MR) is 86.1 cm³/mol. The maximum Gasteiger partial charge on any atom is 0.317 e. The number of phenols is 1. The molecule has 24 heavy (non-hydrogen) atoms. The average molecular weight is 334 g/mol. The molecule has 7 heteroatoms. The molecule has 2 aliphatic heterocycles. The van der Waals surface area contributed by atoms with Gasteiger partial charge in [0.25, 0.3) is 5.91 Å². The molecule has 1 amide bonds. The van der Waals surface area contributed by atoms with Gasteiger partial charge < -0.3 is 19.8 Å². The van der Waals surface area contributed by atoms with Crippen LogP contribution in [0.15, 0.2) is 18.2 Å². The van der Waals surface area contributed by atoms with Crippen LogP contribution in [0.1, 0.15) is 15.9 Å². The van der Waals surface area contributed by atoms with E-state index < -0.39 is 5.97 Å². The Hall–Kier alpha value is -2.12. The topological polar surface area (TPSA) is 90.3 Å². The van der Waals surface area contributed by atoms with Crippen molar-refractivity contribution in [3.8, 4) is 5.75 Å². The molecular formula is C17H22N2O5. The summed E-state index contributed by atoms with van der Waals surface area (Å²) in [5, 5.41) is 18.8. The largest absolute Gasteiger partial charge is 0.508 e. The molecule has 7 nitrogen and oxygen atoms in total. The molecule has 0 aliphatic carbocycles. The quantitative estimate of drug-likeness (QED) is 0.839. The van der Waals surface area contributed by atoms with Crippen molar-refractivity contribution < 1.29 is 24.5 Å². The number of aliphatic carboxylic acids is 1. The van der Waals surface area contributed by atoms with Crippen LogP contribution in [0.25, 0.3) is 0 Å². The number of fused-ring (bicyclic) bond motifs is 3. The summed E-state index contributed by atoms with van der Waals surface area (Å²) in [6.45, 7) is 4.35. The van der Waals surface area contributed by atoms with Crippen LogP contribution >= 0.6 is 0 Å². The summed E-state index contributed by atoms with van der Waals surface area (Å²) in [6, 6.07) is 4.58. The predicted octanol–water partition coefficient (Wildman–Crippen LogP) is 0.558. The second kappa shape index (κ2) is 6.78. The van der Waals surface area contributed by atoms with Gasteiger partial charge in [0.05, 0.1) is 25.8 Å². The molecule has 2 aliphatic rings. The van der Waals surface area contributed by atoms with E-state index in [-0.39, 0.29) is 30.2 Å². The number of hydrogen-bond donors (Lipinski definition) is 2. The molecule has 1 aromatic carbocycles. The van der Waals surface area contributed by atoms with Gasteiger partial charge >= 0.3 is 5.97 Å². The van der Waals surface area contributed by atoms with E-state index in [0.29, 0.717) is 38.4 Å². The van der Waals surface area contributed by atoms with Gasteiger partial charge in [0.1, 0.15) is 5.75 Å². The first-order valence-electron chi connectivity index (χ1n) is 8.06. The lowest BCUT2D eigenvalue weighted by molar-refractivity contribution is -0.138. The Morgan fingerprint density at radius 1 is 1.25 bits per heavy atom. The zero-order valence-electron chi connectivity index (χ0n) is 13.6. The number of aryl methyl sites for hydroxylation is 1. The maximum atomic E-state index is 13.0. The number of hydrogen-bond acceptors (Lipinski definition) is 5. The smallest absolute Gasteiger partial charge is 0.317 e. The Morgan fingerprint density at radius 3 is 2.79 bits per heavy atom. The number of rotatable bonds is 3. The van der Waals surface area contributed by atoms with Gasteiger partial charge in [-0.3, -0.25) is 14.5 Å². The molecule has 0 unspecified atom stereocenters. The van der Waals surface area contributed by atoms with Crippen molar-refractivity contribution in [1.82, 2.24) is 9.80 Å². The molecule has 2 saturated heterocycles. The number of carboxylic acids is 1. The van der Waals surface area contributed by atoms with Crippen LogP contribution in [0.2, 0.25) is 0 Å². The van der Waals surface area contributed by atoms with Gasteiger partial charge in [-0.25, -0.2) is 0 Å². The van der Waals surface area contributed by atoms with Gasteiger partial charge in [-0.15, -0.1) is 0 Å². The van der Waals surface area contributed by atoms with Crippen molar-refractivity contribution >= 4 is 11.9 Å². The zero-order chi connectivity index (χ0) is 17.3. The van der Waals surface area contributed by atoms with E-state index in [9.17, 15) is 14.7 Å². The SMILES string of the molecule is Cc1ccc(O)cc1C(=O)N1C[C@H]2COC[C@@H]1CN(CC(=O)O)C2. The summed E-state index contributed by atoms with van der Waals surface area (Å²) in [7, 11) is 0. The van der Waals surface area contributed by atoms with E-state index >= 15 is 0 Å². The molecule has 2 heterocycles. The van der Waals surface area contributed by atoms with Gasteiger partial charge in [0.15, 0.2) is 0 Å². The van der Waals surface area contributed by atoms with Crippen LogP contribution in [0.3, 0.4) is 0 Å². The molecule has 0 spiro atoms. The van der Waals surface area contributed by atoms with Gasteiger partial charge in [-0.2, -0.15) is 0 Å². The summed E-state index contributed by atoms with van der Waals surface area (Å²) in [6.07, 6.45) is 0. The van der Waals surface area contributed by atoms with E-state index in [2.05, 4.69) is 0 Å². The van der Waals surface area contributed by atoms with E-state index in [4.69, 9.17) is 9.84 Å². The van der Waals surface area contributed by atoms with Crippen LogP contribution in [-0.4, -0.2) is 77.3 Å². The lowest BCUT2D eigenvalue weighted by Crippen LogP contribution is -2.47. The highest BCUT2D eigenvalue weighted by molar-refractivity contribution is 5.96. The van der Waals surface area contributed by atoms with E-state index in [1.165, 1.54) is 6.07 Å². The summed E-state index contributed by atoms with van der Waals surface area (Å²) in [4.78, 5) is 27.7. The molecular weight excluding hydrogens is 312 g/mol. The minimum atomic E-state index is -0.863. The number of ether oxygens (including phenoxy) is 1. The third kappa shape index (κ3) is 3.52. The van der Waals surface area contributed by atoms with E-state index in [1.807, 2.05) is 11.8 Å². The highest BCUT2D eigenvalue weighted by Crippen LogP contribution is 2.24. The number of aromatic hydroxyl groups is 1. The monoisotopic (exact) mass is 334 g/mol. The molecule has 2 bridgehead atoms. The number of benzene rings is 1. The van der Waals surface area contributed by atoms with Gasteiger partial charge in [-0.1, -0.05) is 6.07 Å². The number of phenolic OH excluding ortho intramolecular Hbond substituents is 1. The molecule has 130 valence electrons. The van der Waals surface area contributed by atoms with Gasteiger partial charge in [-0.05, 0) is 24.6 Å². The summed E-state index contributed by atoms with van der Waals surface area (Å²) >= 11 is 0. The fourth-order valence-electron chi connectivity index (χ4n) is 3.50. The van der Waals surface area contributed by atoms with Crippen LogP contribution in [-0.2, 0) is 9.53 Å². The lowest BCUT2D eigenvalue weighted by Gasteiger charge is -2.31. The first kappa shape index (κ1) is 16.7. The number of carbonyl (C=O) groups excluding carboxylic acids is 1. The second-order valence-corrected chi connectivity index (χ2v) is 6.60. The van der Waals surface area contributed by atoms with Crippen molar-refractivity contribution in [2.24, 2.45) is 5.92 Å². The number of nitrogens with zero attached hydrogens (tertiary/aromatic N) is 2. The highest BCUT2D eigenvalue weighted by Gasteiger charge is 2.36. The Labute approximate surface area is 140 Å². The summed E-state index contributed by atoms with van der Waals surface area (Å²) < 4.78 is 5.67. The third-order valence-corrected chi connectivity index (χ3v) is 4.62. The first-order chi connectivity index (χ1) is 11.4. The summed E-state index contributed by atoms with van der Waals surface area (Å²) in [5.41, 5.74) is 1.28. The minimum Gasteiger partial charge on any atom is -0.508 e. The van der Waals surface area contributed by atoms with Crippen molar-refractivity contribution in [1.29, 1.82) is 0 Å². The minimum absolute atomic E-state index is 0.0276. The lowest BCUT2D eigenvalue weighted by atomic mass is 10.1. The van der Waals surface area contributed by atoms with E-state index in [0.717, 1.165) is 5.56 Å². The van der Waals surface area contributed by atoms with Crippen LogP contribution < -0.4 is 0 Å². The normalized spacial score (nSPS) is 24.5. The molecule has 3 rings (SSSR count). The average Bonchev–Trinajstić information content (AvgIpc) is 2.79. The third-order valence-electron chi connectivity index (χ3n) is 4.62. The van der Waals surface area contributed by atoms with Crippen LogP contribution in [0.5, 0.6) is 5.75 Å². The van der Waals surface area contributed by atoms with Crippen molar-refractivity contribution in [2.45, 2.75) is 13.0 Å². The van der Waals surface area contributed by atoms with Crippen molar-refractivity contribution in [3.63, 3.8) is 0 Å². The molecule has 0 saturated carbocycles. The number of carboxylic acid groups (broad SMARTS) is 1. The molecule has 0 aromatic heterocycles. The Balaban J connectivity index is 1.86. The van der Waals surface area contributed by atoms with Crippen molar-refractivity contribution in [2.75, 3.05) is 39.4 Å². The molecule has 1 aromatic rings. The van der Waals surface area contributed by atoms with Crippen LogP contribution in [0, 0.1) is 12.8 Å². The Morgan fingerprint density at radius 2 is 2.04 bits per heavy atom. The molecule has 2 fully saturated rings. The molecule has 2 N–H and O–H groups in total.